The normalized spacial score (nSPS) is 17.8. The maximum absolute atomic E-state index is 12.1. The van der Waals surface area contributed by atoms with Crippen LogP contribution in [0.15, 0.2) is 29.4 Å². The monoisotopic (exact) mass is 313 g/mol. The van der Waals surface area contributed by atoms with Crippen molar-refractivity contribution in [1.29, 1.82) is 0 Å². The molecule has 1 aromatic rings. The van der Waals surface area contributed by atoms with Gasteiger partial charge in [0.05, 0.1) is 5.25 Å². The van der Waals surface area contributed by atoms with Gasteiger partial charge >= 0.3 is 0 Å². The predicted molar refractivity (Wildman–Crippen MR) is 78.6 cm³/mol. The Morgan fingerprint density at radius 2 is 1.95 bits per heavy atom. The molecule has 4 N–H and O–H groups in total. The molecule has 1 saturated heterocycles. The Labute approximate surface area is 123 Å². The average Bonchev–Trinajstić information content (AvgIpc) is 2.53. The third-order valence-corrected chi connectivity index (χ3v) is 5.34. The van der Waals surface area contributed by atoms with Crippen molar-refractivity contribution in [2.24, 2.45) is 10.9 Å². The van der Waals surface area contributed by atoms with Crippen molar-refractivity contribution >= 4 is 15.9 Å². The molecule has 0 saturated carbocycles. The van der Waals surface area contributed by atoms with Crippen molar-refractivity contribution in [2.75, 3.05) is 13.2 Å². The number of sulfonamides is 1. The lowest BCUT2D eigenvalue weighted by Gasteiger charge is -2.22. The summed E-state index contributed by atoms with van der Waals surface area (Å²) in [7, 11) is -3.33. The molecule has 0 atom stereocenters. The number of hydrogen-bond donors (Lipinski definition) is 3. The van der Waals surface area contributed by atoms with E-state index in [-0.39, 0.29) is 17.6 Å². The van der Waals surface area contributed by atoms with Gasteiger partial charge in [0.15, 0.2) is 5.84 Å². The Balaban J connectivity index is 1.96. The molecule has 1 heterocycles. The number of nitrogens with zero attached hydrogens (tertiary/aromatic N) is 1. The van der Waals surface area contributed by atoms with Crippen LogP contribution in [0.1, 0.15) is 24.0 Å². The van der Waals surface area contributed by atoms with Gasteiger partial charge in [-0.3, -0.25) is 0 Å². The smallest absolute Gasteiger partial charge is 0.214 e. The van der Waals surface area contributed by atoms with Crippen LogP contribution in [0.4, 0.5) is 0 Å². The van der Waals surface area contributed by atoms with Gasteiger partial charge < -0.3 is 15.7 Å². The van der Waals surface area contributed by atoms with Crippen LogP contribution in [0.3, 0.4) is 0 Å². The molecule has 1 aliphatic heterocycles. The number of hydrogen-bond acceptors (Lipinski definition) is 5. The average molecular weight is 313 g/mol. The lowest BCUT2D eigenvalue weighted by Crippen LogP contribution is -2.37. The molecule has 21 heavy (non-hydrogen) atoms. The molecule has 0 aromatic heterocycles. The van der Waals surface area contributed by atoms with Gasteiger partial charge in [-0.15, -0.1) is 0 Å². The second-order valence-corrected chi connectivity index (χ2v) is 6.91. The van der Waals surface area contributed by atoms with Gasteiger partial charge in [-0.05, 0) is 18.4 Å². The highest BCUT2D eigenvalue weighted by atomic mass is 32.2. The van der Waals surface area contributed by atoms with Crippen molar-refractivity contribution < 1.29 is 18.4 Å². The highest BCUT2D eigenvalue weighted by Gasteiger charge is 2.27. The van der Waals surface area contributed by atoms with E-state index in [0.717, 1.165) is 5.56 Å². The van der Waals surface area contributed by atoms with E-state index in [9.17, 15) is 8.42 Å². The fraction of sp³-hybridized carbons (Fsp3) is 0.462. The first kappa shape index (κ1) is 15.7. The van der Waals surface area contributed by atoms with E-state index >= 15 is 0 Å². The summed E-state index contributed by atoms with van der Waals surface area (Å²) in [6.07, 6.45) is 1.05. The largest absolute Gasteiger partial charge is 0.409 e. The third kappa shape index (κ3) is 4.16. The lowest BCUT2D eigenvalue weighted by atomic mass is 10.1. The van der Waals surface area contributed by atoms with Gasteiger partial charge in [0.25, 0.3) is 0 Å². The zero-order valence-electron chi connectivity index (χ0n) is 11.5. The number of benzene rings is 1. The lowest BCUT2D eigenvalue weighted by molar-refractivity contribution is 0.0981. The molecule has 0 radical (unpaired) electrons. The molecule has 7 nitrogen and oxygen atoms in total. The summed E-state index contributed by atoms with van der Waals surface area (Å²) in [4.78, 5) is 0. The molecular weight excluding hydrogens is 294 g/mol. The standard InChI is InChI=1S/C13H19N3O4S/c14-13(16-17)11-3-1-10(2-4-11)9-15-21(18,19)12-5-7-20-8-6-12/h1-4,12,15,17H,5-9H2,(H2,14,16). The minimum Gasteiger partial charge on any atom is -0.409 e. The van der Waals surface area contributed by atoms with E-state index in [1.165, 1.54) is 0 Å². The highest BCUT2D eigenvalue weighted by Crippen LogP contribution is 2.15. The van der Waals surface area contributed by atoms with Crippen LogP contribution in [-0.4, -0.2) is 37.9 Å². The van der Waals surface area contributed by atoms with E-state index < -0.39 is 10.0 Å². The van der Waals surface area contributed by atoms with Gasteiger partial charge in [-0.1, -0.05) is 29.4 Å². The third-order valence-electron chi connectivity index (χ3n) is 3.44. The molecule has 1 aliphatic rings. The van der Waals surface area contributed by atoms with Crippen LogP contribution < -0.4 is 10.5 Å². The fourth-order valence-electron chi connectivity index (χ4n) is 2.14. The van der Waals surface area contributed by atoms with E-state index in [4.69, 9.17) is 15.7 Å². The first-order valence-electron chi connectivity index (χ1n) is 6.66. The minimum atomic E-state index is -3.33. The van der Waals surface area contributed by atoms with Crippen LogP contribution >= 0.6 is 0 Å². The maximum atomic E-state index is 12.1. The molecule has 0 bridgehead atoms. The van der Waals surface area contributed by atoms with Crippen molar-refractivity contribution in [1.82, 2.24) is 4.72 Å². The maximum Gasteiger partial charge on any atom is 0.214 e. The van der Waals surface area contributed by atoms with Crippen LogP contribution in [0.25, 0.3) is 0 Å². The van der Waals surface area contributed by atoms with Crippen LogP contribution in [-0.2, 0) is 21.3 Å². The second kappa shape index (κ2) is 6.88. The molecule has 2 rings (SSSR count). The quantitative estimate of drug-likeness (QED) is 0.315. The van der Waals surface area contributed by atoms with Crippen LogP contribution in [0.5, 0.6) is 0 Å². The summed E-state index contributed by atoms with van der Waals surface area (Å²) in [6, 6.07) is 6.82. The highest BCUT2D eigenvalue weighted by molar-refractivity contribution is 7.90. The fourth-order valence-corrected chi connectivity index (χ4v) is 3.56. The number of amidine groups is 1. The zero-order chi connectivity index (χ0) is 15.3. The van der Waals surface area contributed by atoms with Gasteiger partial charge in [0, 0.05) is 25.3 Å². The summed E-state index contributed by atoms with van der Waals surface area (Å²) in [5, 5.41) is 11.1. The van der Waals surface area contributed by atoms with Crippen molar-refractivity contribution in [2.45, 2.75) is 24.6 Å². The molecule has 0 amide bonds. The Hall–Kier alpha value is -1.64. The zero-order valence-corrected chi connectivity index (χ0v) is 12.3. The first-order chi connectivity index (χ1) is 10.0. The Kier molecular flexibility index (Phi) is 5.16. The molecule has 1 fully saturated rings. The molecule has 116 valence electrons. The molecule has 0 spiro atoms. The van der Waals surface area contributed by atoms with Gasteiger partial charge in [-0.2, -0.15) is 0 Å². The van der Waals surface area contributed by atoms with Crippen LogP contribution in [0, 0.1) is 0 Å². The topological polar surface area (TPSA) is 114 Å². The number of nitrogens with one attached hydrogen (secondary N) is 1. The van der Waals surface area contributed by atoms with E-state index in [1.54, 1.807) is 24.3 Å². The van der Waals surface area contributed by atoms with E-state index in [0.29, 0.717) is 31.6 Å². The van der Waals surface area contributed by atoms with E-state index in [2.05, 4.69) is 9.88 Å². The molecule has 0 aliphatic carbocycles. The number of nitrogens with two attached hydrogens (primary N) is 1. The SMILES string of the molecule is NC(=NO)c1ccc(CNS(=O)(=O)C2CCOCC2)cc1. The Bertz CT molecular complexity index is 592. The summed E-state index contributed by atoms with van der Waals surface area (Å²) in [5.74, 6) is 0.0179. The summed E-state index contributed by atoms with van der Waals surface area (Å²) >= 11 is 0. The van der Waals surface area contributed by atoms with Crippen molar-refractivity contribution in [3.63, 3.8) is 0 Å². The summed E-state index contributed by atoms with van der Waals surface area (Å²) < 4.78 is 32.1. The molecular formula is C13H19N3O4S. The first-order valence-corrected chi connectivity index (χ1v) is 8.20. The van der Waals surface area contributed by atoms with Crippen LogP contribution in [0.2, 0.25) is 0 Å². The Morgan fingerprint density at radius 1 is 1.33 bits per heavy atom. The molecule has 1 aromatic carbocycles. The van der Waals surface area contributed by atoms with Gasteiger partial charge in [0.2, 0.25) is 10.0 Å². The molecule has 8 heteroatoms. The van der Waals surface area contributed by atoms with Crippen molar-refractivity contribution in [3.8, 4) is 0 Å². The minimum absolute atomic E-state index is 0.0179. The predicted octanol–water partition coefficient (Wildman–Crippen LogP) is 0.379. The second-order valence-electron chi connectivity index (χ2n) is 4.86. The summed E-state index contributed by atoms with van der Waals surface area (Å²) in [6.45, 7) is 1.19. The van der Waals surface area contributed by atoms with Crippen molar-refractivity contribution in [3.05, 3.63) is 35.4 Å². The number of oxime groups is 1. The van der Waals surface area contributed by atoms with E-state index in [1.807, 2.05) is 0 Å². The number of ether oxygens (including phenoxy) is 1. The van der Waals surface area contributed by atoms with Gasteiger partial charge in [0.1, 0.15) is 0 Å². The Morgan fingerprint density at radius 3 is 2.52 bits per heavy atom. The molecule has 0 unspecified atom stereocenters. The van der Waals surface area contributed by atoms with Gasteiger partial charge in [-0.25, -0.2) is 13.1 Å². The summed E-state index contributed by atoms with van der Waals surface area (Å²) in [5.41, 5.74) is 6.84. The number of rotatable bonds is 5.